The van der Waals surface area contributed by atoms with Crippen LogP contribution in [0.2, 0.25) is 0 Å². The summed E-state index contributed by atoms with van der Waals surface area (Å²) in [5, 5.41) is 18.3. The van der Waals surface area contributed by atoms with Gasteiger partial charge in [0.15, 0.2) is 11.5 Å². The Morgan fingerprint density at radius 3 is 1.81 bits per heavy atom. The Morgan fingerprint density at radius 1 is 0.938 bits per heavy atom. The van der Waals surface area contributed by atoms with E-state index in [4.69, 9.17) is 26.5 Å². The molecule has 0 saturated carbocycles. The maximum absolute atomic E-state index is 10.9. The number of hydrogen-bond donors (Lipinski definition) is 2. The second-order valence-electron chi connectivity index (χ2n) is 2.66. The monoisotopic (exact) mass is 306 g/mol. The van der Waals surface area contributed by atoms with E-state index in [2.05, 4.69) is 0 Å². The minimum Gasteiger partial charge on any atom is -0.504 e. The van der Waals surface area contributed by atoms with Crippen LogP contribution < -0.4 is 0 Å². The lowest BCUT2D eigenvalue weighted by Gasteiger charge is -2.05. The largest absolute Gasteiger partial charge is 0.504 e. The van der Waals surface area contributed by atoms with Crippen molar-refractivity contribution >= 4 is 39.5 Å². The molecule has 0 aliphatic heterocycles. The molecular formula is C6H4Cl2O6S2. The summed E-state index contributed by atoms with van der Waals surface area (Å²) < 4.78 is 43.7. The van der Waals surface area contributed by atoms with Crippen molar-refractivity contribution in [2.24, 2.45) is 0 Å². The molecule has 0 radical (unpaired) electrons. The lowest BCUT2D eigenvalue weighted by Crippen LogP contribution is -1.97. The molecule has 0 saturated heterocycles. The SMILES string of the molecule is O=S(=O)(Cl)c1cc(O)c(O)c(S(=O)(=O)Cl)c1. The number of phenolic OH excluding ortho intramolecular Hbond substituents is 2. The van der Waals surface area contributed by atoms with Crippen LogP contribution >= 0.6 is 21.4 Å². The molecule has 0 bridgehead atoms. The molecular weight excluding hydrogens is 303 g/mol. The summed E-state index contributed by atoms with van der Waals surface area (Å²) in [6.07, 6.45) is 0. The predicted octanol–water partition coefficient (Wildman–Crippen LogP) is 0.953. The van der Waals surface area contributed by atoms with Gasteiger partial charge in [0, 0.05) is 27.4 Å². The number of halogens is 2. The second-order valence-corrected chi connectivity index (χ2v) is 7.77. The van der Waals surface area contributed by atoms with Gasteiger partial charge >= 0.3 is 0 Å². The van der Waals surface area contributed by atoms with Crippen molar-refractivity contribution in [3.05, 3.63) is 12.1 Å². The number of aromatic hydroxyl groups is 2. The van der Waals surface area contributed by atoms with Gasteiger partial charge in [0.25, 0.3) is 18.1 Å². The molecule has 10 heteroatoms. The third kappa shape index (κ3) is 2.70. The first-order chi connectivity index (χ1) is 7.03. The molecule has 0 fully saturated rings. The molecule has 0 aliphatic rings. The normalized spacial score (nSPS) is 12.6. The zero-order chi connectivity index (χ0) is 12.7. The molecule has 0 aliphatic carbocycles. The molecule has 0 aromatic heterocycles. The molecule has 0 heterocycles. The van der Waals surface area contributed by atoms with Crippen LogP contribution in [0, 0.1) is 0 Å². The molecule has 0 unspecified atom stereocenters. The first-order valence-electron chi connectivity index (χ1n) is 3.49. The van der Waals surface area contributed by atoms with E-state index < -0.39 is 39.4 Å². The minimum atomic E-state index is -4.40. The van der Waals surface area contributed by atoms with E-state index in [-0.39, 0.29) is 0 Å². The van der Waals surface area contributed by atoms with E-state index in [1.54, 1.807) is 0 Å². The number of hydrogen-bond acceptors (Lipinski definition) is 6. The van der Waals surface area contributed by atoms with Gasteiger partial charge in [-0.1, -0.05) is 0 Å². The third-order valence-corrected chi connectivity index (χ3v) is 4.24. The van der Waals surface area contributed by atoms with Crippen LogP contribution in [0.4, 0.5) is 0 Å². The van der Waals surface area contributed by atoms with E-state index in [0.717, 1.165) is 0 Å². The zero-order valence-electron chi connectivity index (χ0n) is 7.25. The van der Waals surface area contributed by atoms with Gasteiger partial charge < -0.3 is 10.2 Å². The summed E-state index contributed by atoms with van der Waals surface area (Å²) in [6, 6.07) is 1.14. The molecule has 0 spiro atoms. The highest BCUT2D eigenvalue weighted by Crippen LogP contribution is 2.37. The van der Waals surface area contributed by atoms with Gasteiger partial charge in [0.2, 0.25) is 0 Å². The van der Waals surface area contributed by atoms with Crippen molar-refractivity contribution in [3.63, 3.8) is 0 Å². The predicted molar refractivity (Wildman–Crippen MR) is 55.8 cm³/mol. The average Bonchev–Trinajstić information content (AvgIpc) is 2.05. The van der Waals surface area contributed by atoms with Crippen LogP contribution in [-0.2, 0) is 18.1 Å². The van der Waals surface area contributed by atoms with Crippen molar-refractivity contribution in [1.29, 1.82) is 0 Å². The fraction of sp³-hybridized carbons (Fsp3) is 0. The highest BCUT2D eigenvalue weighted by Gasteiger charge is 2.23. The molecule has 0 amide bonds. The maximum Gasteiger partial charge on any atom is 0.265 e. The third-order valence-electron chi connectivity index (χ3n) is 1.57. The van der Waals surface area contributed by atoms with Gasteiger partial charge in [0.05, 0.1) is 4.90 Å². The fourth-order valence-corrected chi connectivity index (χ4v) is 2.70. The van der Waals surface area contributed by atoms with Crippen LogP contribution in [-0.4, -0.2) is 27.0 Å². The van der Waals surface area contributed by atoms with Crippen molar-refractivity contribution in [2.45, 2.75) is 9.79 Å². The fourth-order valence-electron chi connectivity index (χ4n) is 0.895. The van der Waals surface area contributed by atoms with Crippen molar-refractivity contribution < 1.29 is 27.0 Å². The quantitative estimate of drug-likeness (QED) is 0.622. The van der Waals surface area contributed by atoms with Gasteiger partial charge in [-0.25, -0.2) is 16.8 Å². The first kappa shape index (κ1) is 13.4. The van der Waals surface area contributed by atoms with Crippen molar-refractivity contribution in [3.8, 4) is 11.5 Å². The Morgan fingerprint density at radius 2 is 1.44 bits per heavy atom. The lowest BCUT2D eigenvalue weighted by atomic mass is 10.3. The summed E-state index contributed by atoms with van der Waals surface area (Å²) in [5.41, 5.74) is 0. The van der Waals surface area contributed by atoms with Gasteiger partial charge in [-0.05, 0) is 6.07 Å². The van der Waals surface area contributed by atoms with Gasteiger partial charge in [-0.15, -0.1) is 0 Å². The molecule has 1 aromatic carbocycles. The minimum absolute atomic E-state index is 0.541. The van der Waals surface area contributed by atoms with Crippen LogP contribution in [0.25, 0.3) is 0 Å². The summed E-state index contributed by atoms with van der Waals surface area (Å²) in [5.74, 6) is -2.00. The molecule has 16 heavy (non-hydrogen) atoms. The molecule has 0 atom stereocenters. The van der Waals surface area contributed by atoms with E-state index in [9.17, 15) is 21.9 Å². The van der Waals surface area contributed by atoms with E-state index in [0.29, 0.717) is 12.1 Å². The lowest BCUT2D eigenvalue weighted by molar-refractivity contribution is 0.392. The number of phenols is 2. The molecule has 2 N–H and O–H groups in total. The van der Waals surface area contributed by atoms with Gasteiger partial charge in [0.1, 0.15) is 4.90 Å². The van der Waals surface area contributed by atoms with Crippen LogP contribution in [0.15, 0.2) is 21.9 Å². The topological polar surface area (TPSA) is 109 Å². The summed E-state index contributed by atoms with van der Waals surface area (Å²) in [4.78, 5) is -1.63. The molecule has 1 aromatic rings. The Balaban J connectivity index is 3.72. The van der Waals surface area contributed by atoms with Gasteiger partial charge in [-0.2, -0.15) is 0 Å². The Hall–Kier alpha value is -0.700. The summed E-state index contributed by atoms with van der Waals surface area (Å²) >= 11 is 0. The van der Waals surface area contributed by atoms with Gasteiger partial charge in [-0.3, -0.25) is 0 Å². The maximum atomic E-state index is 10.9. The Bertz CT molecular complexity index is 633. The standard InChI is InChI=1S/C6H4Cl2O6S2/c7-15(11,12)3-1-4(9)6(10)5(2-3)16(8,13)14/h1-2,9-10H. The number of benzene rings is 1. The highest BCUT2D eigenvalue weighted by atomic mass is 35.7. The summed E-state index contributed by atoms with van der Waals surface area (Å²) in [7, 11) is 1.22. The Kier molecular flexibility index (Phi) is 3.30. The van der Waals surface area contributed by atoms with Crippen molar-refractivity contribution in [1.82, 2.24) is 0 Å². The number of rotatable bonds is 2. The average molecular weight is 307 g/mol. The van der Waals surface area contributed by atoms with Crippen LogP contribution in [0.1, 0.15) is 0 Å². The van der Waals surface area contributed by atoms with E-state index in [1.807, 2.05) is 0 Å². The second kappa shape index (κ2) is 3.95. The molecule has 1 rings (SSSR count). The molecule has 90 valence electrons. The van der Waals surface area contributed by atoms with Crippen LogP contribution in [0.5, 0.6) is 11.5 Å². The molecule has 6 nitrogen and oxygen atoms in total. The zero-order valence-corrected chi connectivity index (χ0v) is 10.4. The highest BCUT2D eigenvalue weighted by molar-refractivity contribution is 8.14. The van der Waals surface area contributed by atoms with Crippen molar-refractivity contribution in [2.75, 3.05) is 0 Å². The van der Waals surface area contributed by atoms with E-state index >= 15 is 0 Å². The van der Waals surface area contributed by atoms with E-state index in [1.165, 1.54) is 0 Å². The Labute approximate surface area is 99.9 Å². The first-order valence-corrected chi connectivity index (χ1v) is 8.10. The van der Waals surface area contributed by atoms with Crippen LogP contribution in [0.3, 0.4) is 0 Å². The summed E-state index contributed by atoms with van der Waals surface area (Å²) in [6.45, 7) is 0. The smallest absolute Gasteiger partial charge is 0.265 e.